The Morgan fingerprint density at radius 3 is 2.77 bits per heavy atom. The average molecular weight is 426 g/mol. The van der Waals surface area contributed by atoms with Gasteiger partial charge in [-0.1, -0.05) is 6.07 Å². The zero-order valence-corrected chi connectivity index (χ0v) is 16.3. The molecule has 1 aromatic carbocycles. The maximum Gasteiger partial charge on any atom is 0.406 e. The van der Waals surface area contributed by atoms with Crippen molar-refractivity contribution in [2.75, 3.05) is 25.5 Å². The van der Waals surface area contributed by atoms with E-state index in [2.05, 4.69) is 15.5 Å². The van der Waals surface area contributed by atoms with E-state index in [4.69, 9.17) is 10.2 Å². The molecule has 1 fully saturated rings. The van der Waals surface area contributed by atoms with Crippen LogP contribution in [0.15, 0.2) is 28.7 Å². The van der Waals surface area contributed by atoms with Crippen molar-refractivity contribution in [3.63, 3.8) is 0 Å². The molecule has 3 N–H and O–H groups in total. The summed E-state index contributed by atoms with van der Waals surface area (Å²) in [5.74, 6) is 0.0725. The summed E-state index contributed by atoms with van der Waals surface area (Å²) < 4.78 is 60.9. The molecule has 1 aliphatic rings. The Morgan fingerprint density at radius 2 is 2.10 bits per heavy atom. The van der Waals surface area contributed by atoms with Crippen LogP contribution in [0.4, 0.5) is 23.2 Å². The number of rotatable bonds is 5. The Bertz CT molecular complexity index is 1030. The number of hydrogen-bond acceptors (Lipinski definition) is 6. The molecule has 2 aromatic heterocycles. The van der Waals surface area contributed by atoms with Gasteiger partial charge >= 0.3 is 6.18 Å². The third kappa shape index (κ3) is 4.12. The van der Waals surface area contributed by atoms with Crippen molar-refractivity contribution in [1.82, 2.24) is 19.7 Å². The molecule has 3 aromatic rings. The van der Waals surface area contributed by atoms with Gasteiger partial charge < -0.3 is 24.9 Å². The number of piperidine rings is 1. The number of likely N-dealkylation sites (tertiary alicyclic amines) is 1. The molecule has 0 radical (unpaired) electrons. The van der Waals surface area contributed by atoms with Crippen molar-refractivity contribution < 1.29 is 22.0 Å². The highest BCUT2D eigenvalue weighted by molar-refractivity contribution is 5.96. The molecule has 11 heteroatoms. The van der Waals surface area contributed by atoms with Crippen LogP contribution in [0.2, 0.25) is 0 Å². The van der Waals surface area contributed by atoms with Gasteiger partial charge in [0, 0.05) is 24.2 Å². The van der Waals surface area contributed by atoms with Crippen LogP contribution in [0.5, 0.6) is 0 Å². The molecule has 1 saturated heterocycles. The van der Waals surface area contributed by atoms with E-state index in [-0.39, 0.29) is 24.0 Å². The first-order chi connectivity index (χ1) is 14.2. The molecular weight excluding hydrogens is 404 g/mol. The molecule has 30 heavy (non-hydrogen) atoms. The summed E-state index contributed by atoms with van der Waals surface area (Å²) in [4.78, 5) is 1.91. The standard InChI is InChI=1S/C19H22F4N6O/c1-28-6-5-14(12(20)9-28)25-13-3-2-4-15-11(13)7-16(29(15)10-19(21,22)23)18-27-26-17(8-24)30-18/h2-4,7,12,14,25H,5-6,8-10,24H2,1H3/t12?,14-/m1/s1. The first kappa shape index (κ1) is 20.6. The van der Waals surface area contributed by atoms with Crippen molar-refractivity contribution in [2.45, 2.75) is 37.9 Å². The summed E-state index contributed by atoms with van der Waals surface area (Å²) in [6, 6.07) is 6.09. The Balaban J connectivity index is 1.77. The van der Waals surface area contributed by atoms with Crippen LogP contribution in [-0.2, 0) is 13.1 Å². The molecule has 7 nitrogen and oxygen atoms in total. The highest BCUT2D eigenvalue weighted by Crippen LogP contribution is 2.35. The quantitative estimate of drug-likeness (QED) is 0.610. The van der Waals surface area contributed by atoms with Gasteiger partial charge in [-0.3, -0.25) is 0 Å². The average Bonchev–Trinajstić information content (AvgIpc) is 3.28. The number of alkyl halides is 4. The smallest absolute Gasteiger partial charge is 0.406 e. The van der Waals surface area contributed by atoms with Gasteiger partial charge in [0.2, 0.25) is 5.89 Å². The fourth-order valence-electron chi connectivity index (χ4n) is 3.80. The third-order valence-corrected chi connectivity index (χ3v) is 5.23. The molecule has 0 spiro atoms. The van der Waals surface area contributed by atoms with Crippen LogP contribution in [0.25, 0.3) is 22.5 Å². The van der Waals surface area contributed by atoms with Crippen molar-refractivity contribution in [1.29, 1.82) is 0 Å². The van der Waals surface area contributed by atoms with E-state index in [1.807, 2.05) is 11.9 Å². The van der Waals surface area contributed by atoms with E-state index in [9.17, 15) is 17.6 Å². The zero-order valence-electron chi connectivity index (χ0n) is 16.3. The predicted octanol–water partition coefficient (Wildman–Crippen LogP) is 3.17. The number of hydrogen-bond donors (Lipinski definition) is 2. The van der Waals surface area contributed by atoms with E-state index in [0.29, 0.717) is 29.6 Å². The van der Waals surface area contributed by atoms with Crippen LogP contribution < -0.4 is 11.1 Å². The lowest BCUT2D eigenvalue weighted by molar-refractivity contribution is -0.139. The number of anilines is 1. The maximum absolute atomic E-state index is 14.5. The van der Waals surface area contributed by atoms with Crippen molar-refractivity contribution in [3.05, 3.63) is 30.2 Å². The molecular formula is C19H22F4N6O. The van der Waals surface area contributed by atoms with Crippen LogP contribution >= 0.6 is 0 Å². The monoisotopic (exact) mass is 426 g/mol. The second-order valence-corrected chi connectivity index (χ2v) is 7.49. The van der Waals surface area contributed by atoms with Gasteiger partial charge in [0.1, 0.15) is 18.4 Å². The van der Waals surface area contributed by atoms with Crippen molar-refractivity contribution >= 4 is 16.6 Å². The van der Waals surface area contributed by atoms with Gasteiger partial charge in [-0.15, -0.1) is 10.2 Å². The number of nitrogens with two attached hydrogens (primary N) is 1. The summed E-state index contributed by atoms with van der Waals surface area (Å²) in [7, 11) is 1.85. The number of benzene rings is 1. The maximum atomic E-state index is 14.5. The van der Waals surface area contributed by atoms with E-state index in [1.165, 1.54) is 0 Å². The normalized spacial score (nSPS) is 20.7. The largest absolute Gasteiger partial charge is 0.418 e. The van der Waals surface area contributed by atoms with Gasteiger partial charge in [-0.25, -0.2) is 4.39 Å². The predicted molar refractivity (Wildman–Crippen MR) is 104 cm³/mol. The lowest BCUT2D eigenvalue weighted by atomic mass is 10.0. The van der Waals surface area contributed by atoms with Gasteiger partial charge in [-0.2, -0.15) is 13.2 Å². The first-order valence-corrected chi connectivity index (χ1v) is 9.56. The molecule has 0 bridgehead atoms. The molecule has 1 aliphatic heterocycles. The number of nitrogens with one attached hydrogen (secondary N) is 1. The van der Waals surface area contributed by atoms with Crippen LogP contribution in [-0.4, -0.2) is 58.2 Å². The Morgan fingerprint density at radius 1 is 1.30 bits per heavy atom. The fourth-order valence-corrected chi connectivity index (χ4v) is 3.80. The van der Waals surface area contributed by atoms with Gasteiger partial charge in [-0.05, 0) is 31.7 Å². The number of halogens is 4. The van der Waals surface area contributed by atoms with E-state index >= 15 is 0 Å². The molecule has 0 aliphatic carbocycles. The highest BCUT2D eigenvalue weighted by Gasteiger charge is 2.32. The minimum atomic E-state index is -4.46. The summed E-state index contributed by atoms with van der Waals surface area (Å²) >= 11 is 0. The molecule has 2 atom stereocenters. The lowest BCUT2D eigenvalue weighted by Crippen LogP contribution is -2.46. The molecule has 3 heterocycles. The minimum absolute atomic E-state index is 0.0205. The van der Waals surface area contributed by atoms with Gasteiger partial charge in [0.15, 0.2) is 0 Å². The minimum Gasteiger partial charge on any atom is -0.418 e. The van der Waals surface area contributed by atoms with E-state index in [0.717, 1.165) is 11.1 Å². The molecule has 0 saturated carbocycles. The number of nitrogens with zero attached hydrogens (tertiary/aromatic N) is 4. The molecule has 0 amide bonds. The molecule has 162 valence electrons. The van der Waals surface area contributed by atoms with Crippen molar-refractivity contribution in [3.8, 4) is 11.6 Å². The van der Waals surface area contributed by atoms with Gasteiger partial charge in [0.25, 0.3) is 5.89 Å². The molecule has 4 rings (SSSR count). The second kappa shape index (κ2) is 7.88. The summed E-state index contributed by atoms with van der Waals surface area (Å²) in [6.45, 7) is -0.209. The van der Waals surface area contributed by atoms with Crippen LogP contribution in [0.1, 0.15) is 12.3 Å². The van der Waals surface area contributed by atoms with E-state index < -0.39 is 24.9 Å². The van der Waals surface area contributed by atoms with Crippen LogP contribution in [0.3, 0.4) is 0 Å². The Kier molecular flexibility index (Phi) is 5.41. The topological polar surface area (TPSA) is 85.1 Å². The second-order valence-electron chi connectivity index (χ2n) is 7.49. The van der Waals surface area contributed by atoms with Gasteiger partial charge in [0.05, 0.1) is 18.1 Å². The fraction of sp³-hybridized carbons (Fsp3) is 0.474. The first-order valence-electron chi connectivity index (χ1n) is 9.56. The number of aromatic nitrogens is 3. The lowest BCUT2D eigenvalue weighted by Gasteiger charge is -2.33. The molecule has 1 unspecified atom stereocenters. The summed E-state index contributed by atoms with van der Waals surface area (Å²) in [5, 5.41) is 11.3. The summed E-state index contributed by atoms with van der Waals surface area (Å²) in [5.41, 5.74) is 6.50. The number of fused-ring (bicyclic) bond motifs is 1. The zero-order chi connectivity index (χ0) is 21.5. The Hall–Kier alpha value is -2.66. The third-order valence-electron chi connectivity index (χ3n) is 5.23. The SMILES string of the molecule is CN1CC[C@@H](Nc2cccc3c2cc(-c2nnc(CN)o2)n3CC(F)(F)F)C(F)C1. The summed E-state index contributed by atoms with van der Waals surface area (Å²) in [6.07, 6.45) is -4.95. The van der Waals surface area contributed by atoms with E-state index in [1.54, 1.807) is 24.3 Å². The van der Waals surface area contributed by atoms with Crippen molar-refractivity contribution in [2.24, 2.45) is 5.73 Å². The Labute approximate surface area is 169 Å². The highest BCUT2D eigenvalue weighted by atomic mass is 19.4. The van der Waals surface area contributed by atoms with Crippen LogP contribution in [0, 0.1) is 0 Å².